The molecule has 0 amide bonds. The molecule has 2 aliphatic rings. The fourth-order valence-corrected chi connectivity index (χ4v) is 4.38. The summed E-state index contributed by atoms with van der Waals surface area (Å²) >= 11 is 0. The van der Waals surface area contributed by atoms with Gasteiger partial charge in [-0.15, -0.1) is 0 Å². The molecule has 136 valence electrons. The summed E-state index contributed by atoms with van der Waals surface area (Å²) in [6, 6.07) is 3.71. The van der Waals surface area contributed by atoms with Crippen LogP contribution in [0.5, 0.6) is 5.75 Å². The Balaban J connectivity index is 1.89. The maximum absolute atomic E-state index is 15.0. The Bertz CT molecular complexity index is 684. The van der Waals surface area contributed by atoms with Crippen molar-refractivity contribution in [3.63, 3.8) is 0 Å². The first kappa shape index (κ1) is 18.2. The highest BCUT2D eigenvalue weighted by Gasteiger charge is 2.45. The quantitative estimate of drug-likeness (QED) is 0.412. The molecule has 0 saturated carbocycles. The first-order valence-electron chi connectivity index (χ1n) is 9.77. The molecule has 1 aliphatic heterocycles. The van der Waals surface area contributed by atoms with Gasteiger partial charge in [-0.05, 0) is 64.2 Å². The third-order valence-electron chi connectivity index (χ3n) is 5.78. The summed E-state index contributed by atoms with van der Waals surface area (Å²) in [7, 11) is 0. The summed E-state index contributed by atoms with van der Waals surface area (Å²) in [4.78, 5) is 0. The molecule has 2 atom stereocenters. The number of hydrogen-bond acceptors (Lipinski definition) is 1. The smallest absolute Gasteiger partial charge is 0.131 e. The lowest BCUT2D eigenvalue weighted by molar-refractivity contribution is 0.00700. The van der Waals surface area contributed by atoms with Crippen molar-refractivity contribution < 1.29 is 9.13 Å². The van der Waals surface area contributed by atoms with E-state index in [2.05, 4.69) is 39.8 Å². The van der Waals surface area contributed by atoms with Crippen LogP contribution in [0, 0.1) is 11.7 Å². The molecule has 0 radical (unpaired) electrons. The third kappa shape index (κ3) is 3.83. The van der Waals surface area contributed by atoms with Gasteiger partial charge in [0.2, 0.25) is 0 Å². The van der Waals surface area contributed by atoms with Crippen LogP contribution in [0.25, 0.3) is 6.08 Å². The van der Waals surface area contributed by atoms with E-state index in [1.54, 1.807) is 6.07 Å². The maximum Gasteiger partial charge on any atom is 0.131 e. The molecule has 1 heterocycles. The van der Waals surface area contributed by atoms with Crippen molar-refractivity contribution in [3.05, 3.63) is 46.8 Å². The molecule has 25 heavy (non-hydrogen) atoms. The van der Waals surface area contributed by atoms with Gasteiger partial charge in [0.1, 0.15) is 17.2 Å². The van der Waals surface area contributed by atoms with Gasteiger partial charge in [-0.3, -0.25) is 0 Å². The van der Waals surface area contributed by atoms with E-state index in [4.69, 9.17) is 4.74 Å². The number of allylic oxidation sites excluding steroid dienone is 3. The Morgan fingerprint density at radius 2 is 2.08 bits per heavy atom. The molecule has 0 spiro atoms. The van der Waals surface area contributed by atoms with Crippen molar-refractivity contribution in [3.8, 4) is 5.75 Å². The van der Waals surface area contributed by atoms with Gasteiger partial charge >= 0.3 is 0 Å². The Hall–Kier alpha value is -1.57. The lowest BCUT2D eigenvalue weighted by Gasteiger charge is -2.47. The van der Waals surface area contributed by atoms with Gasteiger partial charge < -0.3 is 4.74 Å². The number of benzene rings is 1. The molecule has 1 aliphatic carbocycles. The largest absolute Gasteiger partial charge is 0.487 e. The highest BCUT2D eigenvalue weighted by atomic mass is 19.1. The Labute approximate surface area is 152 Å². The fourth-order valence-electron chi connectivity index (χ4n) is 4.38. The Morgan fingerprint density at radius 3 is 2.84 bits per heavy atom. The molecule has 0 bridgehead atoms. The number of fused-ring (bicyclic) bond motifs is 3. The first-order valence-corrected chi connectivity index (χ1v) is 9.77. The number of ether oxygens (including phenoxy) is 1. The highest BCUT2D eigenvalue weighted by molar-refractivity contribution is 5.56. The van der Waals surface area contributed by atoms with Crippen LogP contribution in [-0.4, -0.2) is 5.60 Å². The lowest BCUT2D eigenvalue weighted by atomic mass is 9.67. The molecule has 2 heteroatoms. The molecule has 1 nitrogen and oxygen atoms in total. The van der Waals surface area contributed by atoms with Crippen molar-refractivity contribution in [1.82, 2.24) is 0 Å². The molecule has 0 fully saturated rings. The Kier molecular flexibility index (Phi) is 5.36. The third-order valence-corrected chi connectivity index (χ3v) is 5.78. The van der Waals surface area contributed by atoms with Crippen LogP contribution in [0.1, 0.15) is 83.3 Å². The molecule has 1 aromatic carbocycles. The fraction of sp³-hybridized carbons (Fsp3) is 0.565. The minimum absolute atomic E-state index is 0.106. The van der Waals surface area contributed by atoms with Crippen LogP contribution in [-0.2, 0) is 0 Å². The second-order valence-electron chi connectivity index (χ2n) is 8.22. The lowest BCUT2D eigenvalue weighted by Crippen LogP contribution is -2.45. The minimum Gasteiger partial charge on any atom is -0.487 e. The van der Waals surface area contributed by atoms with Crippen LogP contribution in [0.2, 0.25) is 0 Å². The predicted molar refractivity (Wildman–Crippen MR) is 104 cm³/mol. The van der Waals surface area contributed by atoms with Gasteiger partial charge in [0, 0.05) is 17.4 Å². The average Bonchev–Trinajstić information content (AvgIpc) is 2.53. The topological polar surface area (TPSA) is 9.23 Å². The van der Waals surface area contributed by atoms with Crippen LogP contribution < -0.4 is 4.74 Å². The van der Waals surface area contributed by atoms with Gasteiger partial charge in [-0.25, -0.2) is 4.39 Å². The van der Waals surface area contributed by atoms with Gasteiger partial charge in [0.15, 0.2) is 0 Å². The molecule has 3 rings (SSSR count). The van der Waals surface area contributed by atoms with E-state index in [-0.39, 0.29) is 17.3 Å². The van der Waals surface area contributed by atoms with Crippen LogP contribution in [0.3, 0.4) is 0 Å². The zero-order valence-corrected chi connectivity index (χ0v) is 16.1. The summed E-state index contributed by atoms with van der Waals surface area (Å²) in [5.74, 6) is 1.21. The van der Waals surface area contributed by atoms with Gasteiger partial charge in [-0.2, -0.15) is 0 Å². The molecule has 0 saturated heterocycles. The Morgan fingerprint density at radius 1 is 1.28 bits per heavy atom. The van der Waals surface area contributed by atoms with E-state index in [1.165, 1.54) is 24.8 Å². The van der Waals surface area contributed by atoms with E-state index in [0.29, 0.717) is 5.92 Å². The molecule has 0 N–H and O–H groups in total. The van der Waals surface area contributed by atoms with Gasteiger partial charge in [0.25, 0.3) is 0 Å². The standard InChI is InChI=1S/C23H31FO/c1-5-6-7-8-9-10-17-14-20(24)22-18-13-16(2)11-12-19(18)23(3,4)25-21(22)15-17/h9-11,14-15,18-19H,5-8,12-13H2,1-4H3/b10-9+/t18-,19-/m1/s1. The zero-order chi connectivity index (χ0) is 18.0. The molecular formula is C23H31FO. The van der Waals surface area contributed by atoms with E-state index in [9.17, 15) is 4.39 Å². The normalized spacial score (nSPS) is 24.4. The molecule has 0 unspecified atom stereocenters. The summed E-state index contributed by atoms with van der Waals surface area (Å²) < 4.78 is 21.3. The number of unbranched alkanes of at least 4 members (excludes halogenated alkanes) is 3. The highest BCUT2D eigenvalue weighted by Crippen LogP contribution is 2.52. The van der Waals surface area contributed by atoms with Gasteiger partial charge in [-0.1, -0.05) is 43.6 Å². The second kappa shape index (κ2) is 7.35. The predicted octanol–water partition coefficient (Wildman–Crippen LogP) is 7.03. The van der Waals surface area contributed by atoms with Crippen molar-refractivity contribution in [2.24, 2.45) is 5.92 Å². The van der Waals surface area contributed by atoms with Crippen LogP contribution in [0.4, 0.5) is 4.39 Å². The molecular weight excluding hydrogens is 311 g/mol. The van der Waals surface area contributed by atoms with Crippen LogP contribution >= 0.6 is 0 Å². The maximum atomic E-state index is 15.0. The van der Waals surface area contributed by atoms with Crippen molar-refractivity contribution in [2.45, 2.75) is 77.7 Å². The van der Waals surface area contributed by atoms with Gasteiger partial charge in [0.05, 0.1) is 0 Å². The van der Waals surface area contributed by atoms with E-state index in [1.807, 2.05) is 12.1 Å². The summed E-state index contributed by atoms with van der Waals surface area (Å²) in [6.07, 6.45) is 13.1. The number of rotatable bonds is 5. The SMILES string of the molecule is CCCCC/C=C/c1cc(F)c2c(c1)OC(C)(C)[C@@H]1CC=C(C)C[C@@H]21. The summed E-state index contributed by atoms with van der Waals surface area (Å²) in [5.41, 5.74) is 2.80. The van der Waals surface area contributed by atoms with E-state index < -0.39 is 0 Å². The average molecular weight is 342 g/mol. The van der Waals surface area contributed by atoms with Crippen molar-refractivity contribution >= 4 is 6.08 Å². The van der Waals surface area contributed by atoms with Crippen molar-refractivity contribution in [1.29, 1.82) is 0 Å². The van der Waals surface area contributed by atoms with E-state index >= 15 is 0 Å². The summed E-state index contributed by atoms with van der Waals surface area (Å²) in [5, 5.41) is 0. The number of hydrogen-bond donors (Lipinski definition) is 0. The van der Waals surface area contributed by atoms with E-state index in [0.717, 1.165) is 36.1 Å². The molecule has 0 aromatic heterocycles. The summed E-state index contributed by atoms with van der Waals surface area (Å²) in [6.45, 7) is 8.65. The second-order valence-corrected chi connectivity index (χ2v) is 8.22. The minimum atomic E-state index is -0.259. The molecule has 1 aromatic rings. The number of halogens is 1. The zero-order valence-electron chi connectivity index (χ0n) is 16.1. The van der Waals surface area contributed by atoms with Crippen molar-refractivity contribution in [2.75, 3.05) is 0 Å². The van der Waals surface area contributed by atoms with Crippen LogP contribution in [0.15, 0.2) is 29.9 Å². The monoisotopic (exact) mass is 342 g/mol. The first-order chi connectivity index (χ1) is 11.9.